The number of esters is 1. The van der Waals surface area contributed by atoms with Crippen molar-refractivity contribution in [1.82, 2.24) is 4.31 Å². The zero-order valence-corrected chi connectivity index (χ0v) is 32.9. The van der Waals surface area contributed by atoms with E-state index in [4.69, 9.17) is 33.2 Å². The molecule has 0 amide bonds. The van der Waals surface area contributed by atoms with Crippen molar-refractivity contribution in [2.45, 2.75) is 68.6 Å². The van der Waals surface area contributed by atoms with Crippen molar-refractivity contribution >= 4 is 21.7 Å². The van der Waals surface area contributed by atoms with Crippen molar-refractivity contribution in [3.63, 3.8) is 0 Å². The maximum absolute atomic E-state index is 14.4. The predicted molar refractivity (Wildman–Crippen MR) is 206 cm³/mol. The van der Waals surface area contributed by atoms with Crippen molar-refractivity contribution in [2.75, 3.05) is 85.5 Å². The fourth-order valence-electron chi connectivity index (χ4n) is 6.95. The second kappa shape index (κ2) is 20.8. The number of sulfonamides is 1. The van der Waals surface area contributed by atoms with Gasteiger partial charge < -0.3 is 38.1 Å². The highest BCUT2D eigenvalue weighted by atomic mass is 32.2. The minimum absolute atomic E-state index is 0.0506. The third-order valence-corrected chi connectivity index (χ3v) is 11.8. The summed E-state index contributed by atoms with van der Waals surface area (Å²) in [5.41, 5.74) is 3.87. The normalized spacial score (nSPS) is 18.9. The Morgan fingerprint density at radius 1 is 0.852 bits per heavy atom. The summed E-state index contributed by atoms with van der Waals surface area (Å²) in [6.45, 7) is 6.92. The van der Waals surface area contributed by atoms with E-state index in [-0.39, 0.29) is 37.0 Å². The lowest BCUT2D eigenvalue weighted by Gasteiger charge is -2.43. The number of ether oxygens (including phenoxy) is 7. The fourth-order valence-corrected chi connectivity index (χ4v) is 8.60. The number of rotatable bonds is 21. The Labute approximate surface area is 320 Å². The monoisotopic (exact) mass is 768 g/mol. The lowest BCUT2D eigenvalue weighted by Crippen LogP contribution is -2.53. The largest absolute Gasteiger partial charge is 0.494 e. The molecule has 0 unspecified atom stereocenters. The highest BCUT2D eigenvalue weighted by Crippen LogP contribution is 2.39. The van der Waals surface area contributed by atoms with Gasteiger partial charge in [0.1, 0.15) is 18.1 Å². The number of hydrogen-bond acceptors (Lipinski definition) is 11. The summed E-state index contributed by atoms with van der Waals surface area (Å²) >= 11 is 0. The van der Waals surface area contributed by atoms with Crippen molar-refractivity contribution in [3.05, 3.63) is 83.4 Å². The highest BCUT2D eigenvalue weighted by Gasteiger charge is 2.44. The number of piperidine rings is 1. The highest BCUT2D eigenvalue weighted by molar-refractivity contribution is 7.89. The van der Waals surface area contributed by atoms with E-state index in [0.29, 0.717) is 45.9 Å². The fraction of sp³-hybridized carbons (Fsp3) is 0.537. The van der Waals surface area contributed by atoms with Crippen molar-refractivity contribution < 1.29 is 46.4 Å². The molecule has 296 valence electrons. The topological polar surface area (TPSA) is 122 Å². The van der Waals surface area contributed by atoms with E-state index in [0.717, 1.165) is 59.8 Å². The van der Waals surface area contributed by atoms with Gasteiger partial charge in [0.2, 0.25) is 10.0 Å². The average molecular weight is 769 g/mol. The van der Waals surface area contributed by atoms with Crippen LogP contribution in [0, 0.1) is 6.92 Å². The maximum atomic E-state index is 14.4. The van der Waals surface area contributed by atoms with Crippen LogP contribution in [-0.2, 0) is 45.1 Å². The molecule has 5 rings (SSSR count). The molecule has 2 aliphatic rings. The molecule has 2 heterocycles. The van der Waals surface area contributed by atoms with Gasteiger partial charge in [-0.05, 0) is 67.3 Å². The van der Waals surface area contributed by atoms with E-state index in [1.165, 1.54) is 4.31 Å². The van der Waals surface area contributed by atoms with Gasteiger partial charge >= 0.3 is 5.97 Å². The second-order valence-corrected chi connectivity index (χ2v) is 15.6. The number of methoxy groups -OCH3 is 3. The minimum Gasteiger partial charge on any atom is -0.494 e. The van der Waals surface area contributed by atoms with Crippen LogP contribution in [0.3, 0.4) is 0 Å². The first kappa shape index (κ1) is 41.4. The van der Waals surface area contributed by atoms with Gasteiger partial charge in [0.25, 0.3) is 0 Å². The molecule has 13 heteroatoms. The van der Waals surface area contributed by atoms with Crippen LogP contribution in [0.15, 0.2) is 71.6 Å². The smallest absolute Gasteiger partial charge is 0.307 e. The lowest BCUT2D eigenvalue weighted by molar-refractivity contribution is -0.145. The first-order valence-electron chi connectivity index (χ1n) is 18.8. The minimum atomic E-state index is -4.01. The van der Waals surface area contributed by atoms with Gasteiger partial charge in [-0.1, -0.05) is 35.9 Å². The van der Waals surface area contributed by atoms with E-state index in [1.807, 2.05) is 43.3 Å². The van der Waals surface area contributed by atoms with Crippen LogP contribution in [-0.4, -0.2) is 111 Å². The van der Waals surface area contributed by atoms with Crippen molar-refractivity contribution in [1.29, 1.82) is 0 Å². The molecule has 0 radical (unpaired) electrons. The number of anilines is 1. The first-order valence-corrected chi connectivity index (χ1v) is 20.2. The number of hydrogen-bond donors (Lipinski definition) is 0. The number of aryl methyl sites for hydroxylation is 1. The number of fused-ring (bicyclic) bond motifs is 1. The number of carbonyl (C=O) groups is 1. The number of nitrogens with zero attached hydrogens (tertiary/aromatic N) is 2. The summed E-state index contributed by atoms with van der Waals surface area (Å²) < 4.78 is 69.9. The molecule has 3 aromatic carbocycles. The quantitative estimate of drug-likeness (QED) is 0.0974. The van der Waals surface area contributed by atoms with Gasteiger partial charge in [-0.2, -0.15) is 4.31 Å². The molecule has 3 atom stereocenters. The molecular weight excluding hydrogens is 713 g/mol. The molecule has 0 N–H and O–H groups in total. The van der Waals surface area contributed by atoms with Gasteiger partial charge in [0.05, 0.1) is 49.5 Å². The van der Waals surface area contributed by atoms with Crippen LogP contribution >= 0.6 is 0 Å². The molecule has 1 saturated heterocycles. The number of benzene rings is 3. The molecule has 0 bridgehead atoms. The molecule has 0 saturated carbocycles. The second-order valence-electron chi connectivity index (χ2n) is 13.8. The number of carbonyl (C=O) groups excluding carboxylic acids is 1. The van der Waals surface area contributed by atoms with Gasteiger partial charge in [0, 0.05) is 79.0 Å². The Bertz CT molecular complexity index is 1700. The Morgan fingerprint density at radius 2 is 1.56 bits per heavy atom. The summed E-state index contributed by atoms with van der Waals surface area (Å²) in [5, 5.41) is 0. The molecule has 0 spiro atoms. The van der Waals surface area contributed by atoms with Gasteiger partial charge in [-0.25, -0.2) is 8.42 Å². The molecule has 3 aromatic rings. The Hall–Kier alpha value is -3.72. The van der Waals surface area contributed by atoms with Crippen molar-refractivity contribution in [2.24, 2.45) is 0 Å². The molecule has 0 aliphatic carbocycles. The summed E-state index contributed by atoms with van der Waals surface area (Å²) in [6.07, 6.45) is 1.94. The third-order valence-electron chi connectivity index (χ3n) is 9.82. The Balaban J connectivity index is 1.43. The maximum Gasteiger partial charge on any atom is 0.307 e. The SMILES string of the molecule is COCCCOC(=O)C[C@H]1C[C@H](c2ccc(OCCCOC)cc2)[C@@H](OCc2ccc3c(c2)N(CCCOC)CCO3)CN1S(=O)(=O)c1ccc(C)cc1. The van der Waals surface area contributed by atoms with Gasteiger partial charge in [0.15, 0.2) is 0 Å². The van der Waals surface area contributed by atoms with Gasteiger partial charge in [-0.3, -0.25) is 4.79 Å². The van der Waals surface area contributed by atoms with Crippen LogP contribution in [0.4, 0.5) is 5.69 Å². The molecule has 0 aromatic heterocycles. The Kier molecular flexibility index (Phi) is 16.0. The summed E-state index contributed by atoms with van der Waals surface area (Å²) in [4.78, 5) is 15.7. The zero-order valence-electron chi connectivity index (χ0n) is 32.1. The summed E-state index contributed by atoms with van der Waals surface area (Å²) in [6, 6.07) is 20.1. The first-order chi connectivity index (χ1) is 26.2. The standard InChI is InChI=1S/C41H56N2O10S/c1-31-8-15-36(16-9-31)54(45,46)43-29-40(53-30-32-10-17-39-38(26-32)42(19-25-51-39)18-5-20-47-2)37(27-34(43)28-41(44)52-24-7-22-49-4)33-11-13-35(14-12-33)50-23-6-21-48-3/h8-17,26,34,37,40H,5-7,18-25,27-30H2,1-4H3/t34-,37-,40+/m1/s1. The lowest BCUT2D eigenvalue weighted by atomic mass is 9.83. The van der Waals surface area contributed by atoms with Crippen LogP contribution < -0.4 is 14.4 Å². The zero-order chi connectivity index (χ0) is 38.3. The molecule has 1 fully saturated rings. The van der Waals surface area contributed by atoms with Crippen LogP contribution in [0.5, 0.6) is 11.5 Å². The van der Waals surface area contributed by atoms with E-state index in [1.54, 1.807) is 45.6 Å². The van der Waals surface area contributed by atoms with Crippen LogP contribution in [0.25, 0.3) is 0 Å². The molecular formula is C41H56N2O10S. The molecule has 54 heavy (non-hydrogen) atoms. The predicted octanol–water partition coefficient (Wildman–Crippen LogP) is 5.75. The molecule has 12 nitrogen and oxygen atoms in total. The van der Waals surface area contributed by atoms with Crippen LogP contribution in [0.2, 0.25) is 0 Å². The molecule has 2 aliphatic heterocycles. The summed E-state index contributed by atoms with van der Waals surface area (Å²) in [7, 11) is 0.951. The average Bonchev–Trinajstić information content (AvgIpc) is 3.18. The van der Waals surface area contributed by atoms with E-state index in [2.05, 4.69) is 11.0 Å². The van der Waals surface area contributed by atoms with Gasteiger partial charge in [-0.15, -0.1) is 0 Å². The third kappa shape index (κ3) is 11.4. The Morgan fingerprint density at radius 3 is 2.28 bits per heavy atom. The van der Waals surface area contributed by atoms with Crippen molar-refractivity contribution in [3.8, 4) is 11.5 Å². The van der Waals surface area contributed by atoms with E-state index >= 15 is 0 Å². The van der Waals surface area contributed by atoms with E-state index < -0.39 is 28.1 Å². The van der Waals surface area contributed by atoms with E-state index in [9.17, 15) is 13.2 Å². The van der Waals surface area contributed by atoms with Crippen LogP contribution in [0.1, 0.15) is 54.7 Å². The summed E-state index contributed by atoms with van der Waals surface area (Å²) in [5.74, 6) is 0.878.